The molecule has 0 aromatic heterocycles. The molecule has 1 rings (SSSR count). The van der Waals surface area contributed by atoms with E-state index in [-0.39, 0.29) is 0 Å². The normalized spacial score (nSPS) is 12.5. The van der Waals surface area contributed by atoms with E-state index in [0.29, 0.717) is 6.42 Å². The third-order valence-electron chi connectivity index (χ3n) is 1.12. The van der Waals surface area contributed by atoms with E-state index >= 15 is 0 Å². The van der Waals surface area contributed by atoms with Gasteiger partial charge in [0.25, 0.3) is 0 Å². The van der Waals surface area contributed by atoms with Gasteiger partial charge >= 0.3 is 5.97 Å². The van der Waals surface area contributed by atoms with Crippen LogP contribution in [0.4, 0.5) is 0 Å². The molecule has 0 atom stereocenters. The van der Waals surface area contributed by atoms with Gasteiger partial charge in [-0.15, -0.1) is 0 Å². The molecule has 0 unspecified atom stereocenters. The highest BCUT2D eigenvalue weighted by atomic mass is 16.4. The third-order valence-corrected chi connectivity index (χ3v) is 1.12. The van der Waals surface area contributed by atoms with Gasteiger partial charge in [-0.1, -0.05) is 31.2 Å². The van der Waals surface area contributed by atoms with Crippen molar-refractivity contribution in [3.8, 4) is 0 Å². The molecule has 0 aromatic carbocycles. The quantitative estimate of drug-likeness (QED) is 0.663. The summed E-state index contributed by atoms with van der Waals surface area (Å²) in [6, 6.07) is 0. The lowest BCUT2D eigenvalue weighted by Crippen LogP contribution is -1.90. The lowest BCUT2D eigenvalue weighted by molar-refractivity contribution is -0.137. The molecule has 0 aromatic rings. The minimum atomic E-state index is -0.711. The zero-order valence-corrected chi connectivity index (χ0v) is 6.79. The van der Waals surface area contributed by atoms with Crippen molar-refractivity contribution in [2.24, 2.45) is 0 Å². The standard InChI is InChI=1S/C5H6.C4H8O2/c1-2-4-5-3-1;1-2-3-4(5)6/h1-4H,5H2;2-3H2,1H3,(H,5,6). The van der Waals surface area contributed by atoms with Crippen LogP contribution >= 0.6 is 0 Å². The average Bonchev–Trinajstić information content (AvgIpc) is 2.41. The predicted molar refractivity (Wildman–Crippen MR) is 45.4 cm³/mol. The molecule has 11 heavy (non-hydrogen) atoms. The molecule has 0 amide bonds. The van der Waals surface area contributed by atoms with Crippen molar-refractivity contribution in [3.63, 3.8) is 0 Å². The maximum atomic E-state index is 9.60. The number of allylic oxidation sites excluding steroid dienone is 4. The lowest BCUT2D eigenvalue weighted by Gasteiger charge is -1.79. The van der Waals surface area contributed by atoms with Crippen molar-refractivity contribution >= 4 is 5.97 Å². The second-order valence-electron chi connectivity index (χ2n) is 2.24. The van der Waals surface area contributed by atoms with E-state index < -0.39 is 5.97 Å². The first-order valence-corrected chi connectivity index (χ1v) is 3.80. The highest BCUT2D eigenvalue weighted by molar-refractivity contribution is 5.66. The van der Waals surface area contributed by atoms with Gasteiger partial charge in [0.05, 0.1) is 0 Å². The fraction of sp³-hybridized carbons (Fsp3) is 0.444. The number of hydrogen-bond acceptors (Lipinski definition) is 1. The van der Waals surface area contributed by atoms with E-state index in [1.165, 1.54) is 0 Å². The molecule has 0 bridgehead atoms. The van der Waals surface area contributed by atoms with Crippen LogP contribution in [0.3, 0.4) is 0 Å². The van der Waals surface area contributed by atoms with Gasteiger partial charge in [0.1, 0.15) is 0 Å². The molecular formula is C9H14O2. The van der Waals surface area contributed by atoms with E-state index in [9.17, 15) is 4.79 Å². The maximum Gasteiger partial charge on any atom is 0.303 e. The van der Waals surface area contributed by atoms with Gasteiger partial charge < -0.3 is 5.11 Å². The fourth-order valence-electron chi connectivity index (χ4n) is 0.607. The Morgan fingerprint density at radius 3 is 2.09 bits per heavy atom. The summed E-state index contributed by atoms with van der Waals surface area (Å²) in [5.41, 5.74) is 0. The lowest BCUT2D eigenvalue weighted by atomic mass is 10.4. The van der Waals surface area contributed by atoms with Crippen molar-refractivity contribution in [1.82, 2.24) is 0 Å². The first-order valence-electron chi connectivity index (χ1n) is 3.80. The number of carboxylic acid groups (broad SMARTS) is 1. The Labute approximate surface area is 67.2 Å². The highest BCUT2D eigenvalue weighted by Gasteiger charge is 1.87. The molecule has 0 spiro atoms. The van der Waals surface area contributed by atoms with Crippen LogP contribution in [-0.4, -0.2) is 11.1 Å². The summed E-state index contributed by atoms with van der Waals surface area (Å²) in [5.74, 6) is -0.711. The van der Waals surface area contributed by atoms with Gasteiger partial charge in [0, 0.05) is 6.42 Å². The van der Waals surface area contributed by atoms with Crippen LogP contribution in [0.1, 0.15) is 26.2 Å². The van der Waals surface area contributed by atoms with Gasteiger partial charge in [-0.05, 0) is 12.8 Å². The summed E-state index contributed by atoms with van der Waals surface area (Å²) in [6.07, 6.45) is 10.5. The summed E-state index contributed by atoms with van der Waals surface area (Å²) in [4.78, 5) is 9.60. The Balaban J connectivity index is 0.000000183. The molecule has 1 N–H and O–H groups in total. The zero-order valence-electron chi connectivity index (χ0n) is 6.79. The second-order valence-corrected chi connectivity index (χ2v) is 2.24. The molecule has 1 aliphatic carbocycles. The van der Waals surface area contributed by atoms with E-state index in [4.69, 9.17) is 5.11 Å². The molecule has 0 radical (unpaired) electrons. The van der Waals surface area contributed by atoms with E-state index in [1.807, 2.05) is 6.92 Å². The molecular weight excluding hydrogens is 140 g/mol. The largest absolute Gasteiger partial charge is 0.481 e. The molecule has 0 heterocycles. The minimum absolute atomic E-state index is 0.292. The zero-order chi connectivity index (χ0) is 8.53. The van der Waals surface area contributed by atoms with Crippen LogP contribution in [0, 0.1) is 0 Å². The molecule has 2 nitrogen and oxygen atoms in total. The third kappa shape index (κ3) is 8.95. The highest BCUT2D eigenvalue weighted by Crippen LogP contribution is 1.93. The second kappa shape index (κ2) is 7.06. The molecule has 0 aliphatic heterocycles. The summed E-state index contributed by atoms with van der Waals surface area (Å²) in [6.45, 7) is 1.84. The van der Waals surface area contributed by atoms with Crippen molar-refractivity contribution in [2.75, 3.05) is 0 Å². The van der Waals surface area contributed by atoms with Crippen LogP contribution in [0.5, 0.6) is 0 Å². The first-order chi connectivity index (χ1) is 5.27. The molecule has 2 heteroatoms. The molecule has 0 saturated heterocycles. The van der Waals surface area contributed by atoms with Crippen molar-refractivity contribution in [2.45, 2.75) is 26.2 Å². The van der Waals surface area contributed by atoms with Crippen molar-refractivity contribution in [3.05, 3.63) is 24.3 Å². The van der Waals surface area contributed by atoms with Gasteiger partial charge in [0.15, 0.2) is 0 Å². The SMILES string of the molecule is C1=CCC=C1.CCCC(=O)O. The van der Waals surface area contributed by atoms with Gasteiger partial charge in [-0.2, -0.15) is 0 Å². The van der Waals surface area contributed by atoms with Crippen LogP contribution in [0.2, 0.25) is 0 Å². The van der Waals surface area contributed by atoms with Gasteiger partial charge in [-0.3, -0.25) is 4.79 Å². The Morgan fingerprint density at radius 2 is 2.00 bits per heavy atom. The molecule has 0 fully saturated rings. The van der Waals surface area contributed by atoms with Crippen LogP contribution < -0.4 is 0 Å². The number of carbonyl (C=O) groups is 1. The topological polar surface area (TPSA) is 37.3 Å². The van der Waals surface area contributed by atoms with E-state index in [1.54, 1.807) is 0 Å². The van der Waals surface area contributed by atoms with Gasteiger partial charge in [-0.25, -0.2) is 0 Å². The van der Waals surface area contributed by atoms with E-state index in [0.717, 1.165) is 12.8 Å². The van der Waals surface area contributed by atoms with Gasteiger partial charge in [0.2, 0.25) is 0 Å². The van der Waals surface area contributed by atoms with Crippen LogP contribution in [-0.2, 0) is 4.79 Å². The Kier molecular flexibility index (Phi) is 6.39. The Hall–Kier alpha value is -1.05. The predicted octanol–water partition coefficient (Wildman–Crippen LogP) is 2.37. The number of hydrogen-bond donors (Lipinski definition) is 1. The number of aliphatic carboxylic acids is 1. The minimum Gasteiger partial charge on any atom is -0.481 e. The summed E-state index contributed by atoms with van der Waals surface area (Å²) < 4.78 is 0. The van der Waals surface area contributed by atoms with Crippen molar-refractivity contribution < 1.29 is 9.90 Å². The van der Waals surface area contributed by atoms with Crippen LogP contribution in [0.15, 0.2) is 24.3 Å². The van der Waals surface area contributed by atoms with Crippen LogP contribution in [0.25, 0.3) is 0 Å². The fourth-order valence-corrected chi connectivity index (χ4v) is 0.607. The average molecular weight is 154 g/mol. The number of carboxylic acids is 1. The summed E-state index contributed by atoms with van der Waals surface area (Å²) in [7, 11) is 0. The smallest absolute Gasteiger partial charge is 0.303 e. The summed E-state index contributed by atoms with van der Waals surface area (Å²) >= 11 is 0. The Morgan fingerprint density at radius 1 is 1.45 bits per heavy atom. The van der Waals surface area contributed by atoms with Crippen molar-refractivity contribution in [1.29, 1.82) is 0 Å². The van der Waals surface area contributed by atoms with E-state index in [2.05, 4.69) is 24.3 Å². The first kappa shape index (κ1) is 9.95. The summed E-state index contributed by atoms with van der Waals surface area (Å²) in [5, 5.41) is 7.91. The molecule has 0 saturated carbocycles. The maximum absolute atomic E-state index is 9.60. The monoisotopic (exact) mass is 154 g/mol. The molecule has 1 aliphatic rings. The molecule has 62 valence electrons. The Bertz CT molecular complexity index is 147. The number of rotatable bonds is 2.